The summed E-state index contributed by atoms with van der Waals surface area (Å²) in [6.07, 6.45) is 5.13. The van der Waals surface area contributed by atoms with Crippen LogP contribution < -0.4 is 0 Å². The van der Waals surface area contributed by atoms with Crippen LogP contribution in [0.5, 0.6) is 0 Å². The largest absolute Gasteiger partial charge is 0.390 e. The van der Waals surface area contributed by atoms with Gasteiger partial charge in [-0.25, -0.2) is 16.8 Å². The monoisotopic (exact) mass is 565 g/mol. The Labute approximate surface area is 231 Å². The quantitative estimate of drug-likeness (QED) is 0.293. The van der Waals surface area contributed by atoms with Crippen LogP contribution >= 0.6 is 0 Å². The molecular weight excluding hydrogens is 530 g/mol. The van der Waals surface area contributed by atoms with Crippen LogP contribution in [0.25, 0.3) is 22.0 Å². The molecule has 4 rings (SSSR count). The van der Waals surface area contributed by atoms with Crippen LogP contribution in [0.4, 0.5) is 0 Å². The zero-order valence-electron chi connectivity index (χ0n) is 22.9. The molecule has 0 fully saturated rings. The summed E-state index contributed by atoms with van der Waals surface area (Å²) in [5.74, 6) is -0.279. The lowest BCUT2D eigenvalue weighted by molar-refractivity contribution is 0.0496. The van der Waals surface area contributed by atoms with Gasteiger partial charge in [-0.3, -0.25) is 4.98 Å². The van der Waals surface area contributed by atoms with Gasteiger partial charge in [0.1, 0.15) is 9.84 Å². The van der Waals surface area contributed by atoms with Crippen molar-refractivity contribution in [1.29, 1.82) is 0 Å². The fourth-order valence-corrected chi connectivity index (χ4v) is 6.03. The zero-order valence-corrected chi connectivity index (χ0v) is 24.6. The number of benzene rings is 3. The van der Waals surface area contributed by atoms with Gasteiger partial charge in [-0.2, -0.15) is 0 Å². The van der Waals surface area contributed by atoms with Crippen LogP contribution in [-0.2, 0) is 32.5 Å². The maximum Gasteiger partial charge on any atom is 0.175 e. The molecule has 1 heterocycles. The Balaban J connectivity index is 1.74. The molecule has 0 radical (unpaired) electrons. The van der Waals surface area contributed by atoms with Crippen molar-refractivity contribution in [3.8, 4) is 11.1 Å². The number of rotatable bonds is 9. The van der Waals surface area contributed by atoms with E-state index in [1.54, 1.807) is 51.2 Å². The van der Waals surface area contributed by atoms with Crippen LogP contribution in [0.2, 0.25) is 0 Å². The van der Waals surface area contributed by atoms with E-state index in [4.69, 9.17) is 0 Å². The number of nitrogens with zero attached hydrogens (tertiary/aromatic N) is 1. The molecule has 0 saturated carbocycles. The number of hydrogen-bond donors (Lipinski definition) is 1. The highest BCUT2D eigenvalue weighted by atomic mass is 32.2. The van der Waals surface area contributed by atoms with E-state index in [1.807, 2.05) is 42.5 Å². The minimum Gasteiger partial charge on any atom is -0.390 e. The second kappa shape index (κ2) is 10.8. The molecule has 0 bridgehead atoms. The average Bonchev–Trinajstić information content (AvgIpc) is 2.85. The lowest BCUT2D eigenvalue weighted by Crippen LogP contribution is -2.30. The van der Waals surface area contributed by atoms with Gasteiger partial charge in [0.2, 0.25) is 0 Å². The van der Waals surface area contributed by atoms with Crippen LogP contribution in [0, 0.1) is 0 Å². The summed E-state index contributed by atoms with van der Waals surface area (Å²) in [6, 6.07) is 22.7. The Hall–Kier alpha value is -3.07. The van der Waals surface area contributed by atoms with E-state index in [0.29, 0.717) is 12.8 Å². The van der Waals surface area contributed by atoms with Gasteiger partial charge in [-0.1, -0.05) is 42.5 Å². The van der Waals surface area contributed by atoms with Crippen molar-refractivity contribution in [2.24, 2.45) is 0 Å². The molecule has 1 aromatic heterocycles. The molecule has 6 nitrogen and oxygen atoms in total. The van der Waals surface area contributed by atoms with E-state index >= 15 is 0 Å². The van der Waals surface area contributed by atoms with Gasteiger partial charge in [-0.15, -0.1) is 0 Å². The predicted octanol–water partition coefficient (Wildman–Crippen LogP) is 5.38. The summed E-state index contributed by atoms with van der Waals surface area (Å²) >= 11 is 0. The molecule has 0 spiro atoms. The first-order valence-electron chi connectivity index (χ1n) is 12.8. The van der Waals surface area contributed by atoms with Crippen LogP contribution in [0.1, 0.15) is 43.4 Å². The third-order valence-electron chi connectivity index (χ3n) is 7.26. The second-order valence-corrected chi connectivity index (χ2v) is 15.5. The third-order valence-corrected chi connectivity index (χ3v) is 10.0. The van der Waals surface area contributed by atoms with Crippen LogP contribution in [-0.4, -0.2) is 50.3 Å². The van der Waals surface area contributed by atoms with Crippen molar-refractivity contribution in [3.05, 3.63) is 95.7 Å². The van der Waals surface area contributed by atoms with Gasteiger partial charge in [0.25, 0.3) is 0 Å². The Kier molecular flexibility index (Phi) is 8.03. The first-order valence-corrected chi connectivity index (χ1v) is 16.7. The molecule has 0 aliphatic rings. The smallest absolute Gasteiger partial charge is 0.175 e. The SMILES string of the molecule is CC(Cc1cc(-c2cccc(CC(c3ccc(S(C)(=O)=O)cc3)C(C)(C)O)c2)c2ncccc2c1)S(C)(=O)=O. The zero-order chi connectivity index (χ0) is 28.6. The lowest BCUT2D eigenvalue weighted by atomic mass is 9.80. The fraction of sp³-hybridized carbons (Fsp3) is 0.323. The minimum atomic E-state index is -3.32. The highest BCUT2D eigenvalue weighted by Crippen LogP contribution is 2.35. The Bertz CT molecular complexity index is 1700. The van der Waals surface area contributed by atoms with Gasteiger partial charge < -0.3 is 5.11 Å². The summed E-state index contributed by atoms with van der Waals surface area (Å²) in [6.45, 7) is 5.24. The molecule has 4 aromatic rings. The number of sulfone groups is 2. The highest BCUT2D eigenvalue weighted by Gasteiger charge is 2.29. The Morgan fingerprint density at radius 1 is 0.846 bits per heavy atom. The van der Waals surface area contributed by atoms with Gasteiger partial charge >= 0.3 is 0 Å². The third kappa shape index (κ3) is 6.93. The average molecular weight is 566 g/mol. The summed E-state index contributed by atoms with van der Waals surface area (Å²) in [4.78, 5) is 4.87. The molecular formula is C31H35NO5S2. The van der Waals surface area contributed by atoms with Crippen molar-refractivity contribution in [2.75, 3.05) is 12.5 Å². The van der Waals surface area contributed by atoms with Crippen LogP contribution in [0.3, 0.4) is 0 Å². The van der Waals surface area contributed by atoms with E-state index in [9.17, 15) is 21.9 Å². The van der Waals surface area contributed by atoms with Crippen molar-refractivity contribution < 1.29 is 21.9 Å². The van der Waals surface area contributed by atoms with E-state index in [-0.39, 0.29) is 10.8 Å². The maximum atomic E-state index is 12.1. The summed E-state index contributed by atoms with van der Waals surface area (Å²) in [7, 11) is -6.49. The van der Waals surface area contributed by atoms with E-state index in [1.165, 1.54) is 12.5 Å². The predicted molar refractivity (Wildman–Crippen MR) is 157 cm³/mol. The molecule has 206 valence electrons. The summed E-state index contributed by atoms with van der Waals surface area (Å²) in [5.41, 5.74) is 4.43. The highest BCUT2D eigenvalue weighted by molar-refractivity contribution is 7.91. The summed E-state index contributed by atoms with van der Waals surface area (Å²) in [5, 5.41) is 11.5. The normalized spacial score (nSPS) is 14.3. The van der Waals surface area contributed by atoms with Crippen molar-refractivity contribution in [1.82, 2.24) is 4.98 Å². The fourth-order valence-electron chi connectivity index (χ4n) is 4.90. The number of fused-ring (bicyclic) bond motifs is 1. The molecule has 1 N–H and O–H groups in total. The van der Waals surface area contributed by atoms with Gasteiger partial charge in [0, 0.05) is 35.6 Å². The molecule has 0 aliphatic heterocycles. The molecule has 3 aromatic carbocycles. The van der Waals surface area contributed by atoms with Crippen molar-refractivity contribution in [3.63, 3.8) is 0 Å². The lowest BCUT2D eigenvalue weighted by Gasteiger charge is -2.30. The van der Waals surface area contributed by atoms with Gasteiger partial charge in [0.05, 0.1) is 21.3 Å². The molecule has 8 heteroatoms. The molecule has 2 unspecified atom stereocenters. The molecule has 0 aliphatic carbocycles. The van der Waals surface area contributed by atoms with Gasteiger partial charge in [0.15, 0.2) is 9.84 Å². The molecule has 0 saturated heterocycles. The number of hydrogen-bond acceptors (Lipinski definition) is 6. The first-order chi connectivity index (χ1) is 18.1. The van der Waals surface area contributed by atoms with Gasteiger partial charge in [-0.05, 0) is 86.2 Å². The van der Waals surface area contributed by atoms with E-state index in [0.717, 1.165) is 38.7 Å². The standard InChI is InChI=1S/C31H35NO5S2/c1-21(38(4,34)35)16-23-18-26-10-7-15-32-30(26)28(19-23)25-9-6-8-22(17-25)20-29(31(2,3)33)24-11-13-27(14-12-24)39(5,36)37/h6-15,17-19,21,29,33H,16,20H2,1-5H3. The van der Waals surface area contributed by atoms with E-state index in [2.05, 4.69) is 11.1 Å². The number of aromatic nitrogens is 1. The Morgan fingerprint density at radius 3 is 2.15 bits per heavy atom. The number of pyridine rings is 1. The first kappa shape index (κ1) is 28.9. The topological polar surface area (TPSA) is 101 Å². The van der Waals surface area contributed by atoms with Crippen molar-refractivity contribution in [2.45, 2.75) is 55.3 Å². The maximum absolute atomic E-state index is 12.1. The minimum absolute atomic E-state index is 0.243. The Morgan fingerprint density at radius 2 is 1.54 bits per heavy atom. The van der Waals surface area contributed by atoms with Crippen LogP contribution in [0.15, 0.2) is 83.9 Å². The molecule has 0 amide bonds. The molecule has 2 atom stereocenters. The second-order valence-electron chi connectivity index (χ2n) is 11.0. The van der Waals surface area contributed by atoms with Crippen molar-refractivity contribution >= 4 is 30.6 Å². The number of aliphatic hydroxyl groups is 1. The van der Waals surface area contributed by atoms with E-state index < -0.39 is 30.5 Å². The summed E-state index contributed by atoms with van der Waals surface area (Å²) < 4.78 is 48.0. The molecule has 39 heavy (non-hydrogen) atoms.